The van der Waals surface area contributed by atoms with Gasteiger partial charge >= 0.3 is 0 Å². The van der Waals surface area contributed by atoms with E-state index in [0.29, 0.717) is 6.42 Å². The quantitative estimate of drug-likeness (QED) is 0.573. The van der Waals surface area contributed by atoms with Crippen LogP contribution in [-0.4, -0.2) is 17.0 Å². The van der Waals surface area contributed by atoms with Crippen LogP contribution in [0.5, 0.6) is 0 Å². The molecule has 0 aromatic heterocycles. The predicted molar refractivity (Wildman–Crippen MR) is 36.1 cm³/mol. The Bertz CT molecular complexity index is 116. The third-order valence-corrected chi connectivity index (χ3v) is 1.06. The number of carbonyl (C=O) groups is 1. The Hall–Kier alpha value is -0.630. The predicted octanol–water partition coefficient (Wildman–Crippen LogP) is 0.903. The Balaban J connectivity index is 3.50. The Labute approximate surface area is 55.2 Å². The van der Waals surface area contributed by atoms with Gasteiger partial charge < -0.3 is 5.11 Å². The molecular weight excluding hydrogens is 116 g/mol. The molecule has 9 heavy (non-hydrogen) atoms. The monoisotopic (exact) mass is 128 g/mol. The Kier molecular flexibility index (Phi) is 3.97. The molecule has 0 spiro atoms. The van der Waals surface area contributed by atoms with Crippen molar-refractivity contribution in [2.24, 2.45) is 0 Å². The number of ketones is 1. The lowest BCUT2D eigenvalue weighted by molar-refractivity contribution is -0.124. The molecule has 0 aromatic rings. The van der Waals surface area contributed by atoms with E-state index in [1.54, 1.807) is 6.08 Å². The zero-order chi connectivity index (χ0) is 7.28. The van der Waals surface area contributed by atoms with Gasteiger partial charge in [-0.05, 0) is 20.3 Å². The molecule has 0 amide bonds. The fraction of sp³-hybridized carbons (Fsp3) is 0.571. The first-order valence-corrected chi connectivity index (χ1v) is 2.98. The van der Waals surface area contributed by atoms with Crippen LogP contribution in [-0.2, 0) is 4.79 Å². The van der Waals surface area contributed by atoms with Crippen LogP contribution in [0.15, 0.2) is 12.2 Å². The summed E-state index contributed by atoms with van der Waals surface area (Å²) in [5, 5.41) is 8.86. The molecule has 0 aliphatic rings. The highest BCUT2D eigenvalue weighted by molar-refractivity contribution is 5.80. The molecule has 0 rings (SSSR count). The number of allylic oxidation sites excluding steroid dienone is 1. The van der Waals surface area contributed by atoms with Gasteiger partial charge in [0.25, 0.3) is 0 Å². The molecule has 1 atom stereocenters. The van der Waals surface area contributed by atoms with Crippen molar-refractivity contribution in [3.05, 3.63) is 12.2 Å². The van der Waals surface area contributed by atoms with Crippen LogP contribution in [0.2, 0.25) is 0 Å². The van der Waals surface area contributed by atoms with E-state index in [2.05, 4.69) is 0 Å². The van der Waals surface area contributed by atoms with Crippen LogP contribution in [0.25, 0.3) is 0 Å². The van der Waals surface area contributed by atoms with Gasteiger partial charge in [-0.25, -0.2) is 0 Å². The van der Waals surface area contributed by atoms with Gasteiger partial charge in [0.2, 0.25) is 0 Å². The van der Waals surface area contributed by atoms with Gasteiger partial charge in [-0.15, -0.1) is 0 Å². The highest BCUT2D eigenvalue weighted by Crippen LogP contribution is 1.93. The Morgan fingerprint density at radius 1 is 1.78 bits per heavy atom. The summed E-state index contributed by atoms with van der Waals surface area (Å²) in [6, 6.07) is 0. The minimum Gasteiger partial charge on any atom is -0.385 e. The van der Waals surface area contributed by atoms with E-state index >= 15 is 0 Å². The largest absolute Gasteiger partial charge is 0.385 e. The molecule has 2 heteroatoms. The summed E-state index contributed by atoms with van der Waals surface area (Å²) in [6.07, 6.45) is 3.21. The van der Waals surface area contributed by atoms with Gasteiger partial charge in [-0.1, -0.05) is 12.2 Å². The van der Waals surface area contributed by atoms with Gasteiger partial charge in [0, 0.05) is 0 Å². The first-order valence-electron chi connectivity index (χ1n) is 2.98. The lowest BCUT2D eigenvalue weighted by Gasteiger charge is -1.99. The summed E-state index contributed by atoms with van der Waals surface area (Å²) >= 11 is 0. The molecule has 0 aromatic carbocycles. The second kappa shape index (κ2) is 4.27. The summed E-state index contributed by atoms with van der Waals surface area (Å²) in [4.78, 5) is 10.4. The van der Waals surface area contributed by atoms with E-state index in [1.807, 2.05) is 13.0 Å². The summed E-state index contributed by atoms with van der Waals surface area (Å²) in [5.41, 5.74) is 0. The molecule has 0 aliphatic heterocycles. The number of aliphatic hydroxyl groups excluding tert-OH is 1. The van der Waals surface area contributed by atoms with Gasteiger partial charge in [-0.3, -0.25) is 4.79 Å². The number of hydrogen-bond donors (Lipinski definition) is 1. The SMILES string of the molecule is CC=CCC(O)C(C)=O. The third kappa shape index (κ3) is 3.91. The molecule has 0 saturated carbocycles. The number of aliphatic hydroxyl groups is 1. The fourth-order valence-electron chi connectivity index (χ4n) is 0.431. The van der Waals surface area contributed by atoms with Crippen LogP contribution in [0.3, 0.4) is 0 Å². The van der Waals surface area contributed by atoms with Gasteiger partial charge in [-0.2, -0.15) is 0 Å². The average molecular weight is 128 g/mol. The normalized spacial score (nSPS) is 14.1. The summed E-state index contributed by atoms with van der Waals surface area (Å²) in [7, 11) is 0. The summed E-state index contributed by atoms with van der Waals surface area (Å²) in [5.74, 6) is -0.173. The molecule has 2 nitrogen and oxygen atoms in total. The molecule has 0 radical (unpaired) electrons. The van der Waals surface area contributed by atoms with E-state index in [9.17, 15) is 4.79 Å². The van der Waals surface area contributed by atoms with Crippen molar-refractivity contribution in [3.8, 4) is 0 Å². The van der Waals surface area contributed by atoms with Gasteiger partial charge in [0.15, 0.2) is 5.78 Å². The van der Waals surface area contributed by atoms with Crippen LogP contribution in [0.1, 0.15) is 20.3 Å². The van der Waals surface area contributed by atoms with E-state index in [4.69, 9.17) is 5.11 Å². The highest BCUT2D eigenvalue weighted by atomic mass is 16.3. The van der Waals surface area contributed by atoms with Gasteiger partial charge in [0.1, 0.15) is 6.10 Å². The molecule has 1 N–H and O–H groups in total. The van der Waals surface area contributed by atoms with Crippen molar-refractivity contribution in [1.82, 2.24) is 0 Å². The zero-order valence-electron chi connectivity index (χ0n) is 5.79. The van der Waals surface area contributed by atoms with E-state index < -0.39 is 6.10 Å². The maximum Gasteiger partial charge on any atom is 0.158 e. The lowest BCUT2D eigenvalue weighted by atomic mass is 10.2. The van der Waals surface area contributed by atoms with Crippen LogP contribution >= 0.6 is 0 Å². The molecule has 0 bridgehead atoms. The molecule has 0 aliphatic carbocycles. The minimum absolute atomic E-state index is 0.173. The smallest absolute Gasteiger partial charge is 0.158 e. The van der Waals surface area contributed by atoms with E-state index in [0.717, 1.165) is 0 Å². The van der Waals surface area contributed by atoms with Crippen molar-refractivity contribution in [3.63, 3.8) is 0 Å². The molecule has 0 saturated heterocycles. The van der Waals surface area contributed by atoms with Crippen LogP contribution in [0, 0.1) is 0 Å². The topological polar surface area (TPSA) is 37.3 Å². The number of rotatable bonds is 3. The Morgan fingerprint density at radius 3 is 2.67 bits per heavy atom. The van der Waals surface area contributed by atoms with Crippen LogP contribution in [0.4, 0.5) is 0 Å². The number of hydrogen-bond acceptors (Lipinski definition) is 2. The number of carbonyl (C=O) groups excluding carboxylic acids is 1. The first-order chi connectivity index (χ1) is 4.18. The van der Waals surface area contributed by atoms with Crippen molar-refractivity contribution in [2.75, 3.05) is 0 Å². The molecule has 0 fully saturated rings. The second-order valence-electron chi connectivity index (χ2n) is 1.93. The first kappa shape index (κ1) is 8.37. The summed E-state index contributed by atoms with van der Waals surface area (Å²) in [6.45, 7) is 3.24. The molecule has 1 unspecified atom stereocenters. The van der Waals surface area contributed by atoms with Crippen molar-refractivity contribution in [2.45, 2.75) is 26.4 Å². The summed E-state index contributed by atoms with van der Waals surface area (Å²) < 4.78 is 0. The fourth-order valence-corrected chi connectivity index (χ4v) is 0.431. The van der Waals surface area contributed by atoms with E-state index in [1.165, 1.54) is 6.92 Å². The lowest BCUT2D eigenvalue weighted by Crippen LogP contribution is -2.15. The van der Waals surface area contributed by atoms with Crippen molar-refractivity contribution >= 4 is 5.78 Å². The van der Waals surface area contributed by atoms with Crippen molar-refractivity contribution < 1.29 is 9.90 Å². The minimum atomic E-state index is -0.804. The van der Waals surface area contributed by atoms with Crippen LogP contribution < -0.4 is 0 Å². The standard InChI is InChI=1S/C7H12O2/c1-3-4-5-7(9)6(2)8/h3-4,7,9H,5H2,1-2H3. The molecular formula is C7H12O2. The van der Waals surface area contributed by atoms with Gasteiger partial charge in [0.05, 0.1) is 0 Å². The average Bonchev–Trinajstić information content (AvgIpc) is 1.82. The highest BCUT2D eigenvalue weighted by Gasteiger charge is 2.05. The van der Waals surface area contributed by atoms with E-state index in [-0.39, 0.29) is 5.78 Å². The van der Waals surface area contributed by atoms with Crippen molar-refractivity contribution in [1.29, 1.82) is 0 Å². The molecule has 0 heterocycles. The maximum absolute atomic E-state index is 10.4. The zero-order valence-corrected chi connectivity index (χ0v) is 5.79. The molecule has 52 valence electrons. The Morgan fingerprint density at radius 2 is 2.33 bits per heavy atom. The number of Topliss-reactive ketones (excluding diaryl/α,β-unsaturated/α-hetero) is 1. The third-order valence-electron chi connectivity index (χ3n) is 1.06. The maximum atomic E-state index is 10.4. The second-order valence-corrected chi connectivity index (χ2v) is 1.93.